The van der Waals surface area contributed by atoms with Gasteiger partial charge in [0, 0.05) is 44.1 Å². The summed E-state index contributed by atoms with van der Waals surface area (Å²) in [6.07, 6.45) is 3.93. The Morgan fingerprint density at radius 3 is 2.70 bits per heavy atom. The molecule has 2 aliphatic heterocycles. The molecule has 8 nitrogen and oxygen atoms in total. The third-order valence-electron chi connectivity index (χ3n) is 5.94. The Hall–Kier alpha value is -2.94. The van der Waals surface area contributed by atoms with Crippen molar-refractivity contribution >= 4 is 29.1 Å². The van der Waals surface area contributed by atoms with Crippen LogP contribution in [-0.4, -0.2) is 78.1 Å². The molecule has 1 aromatic carbocycles. The molecule has 2 fully saturated rings. The van der Waals surface area contributed by atoms with Gasteiger partial charge in [-0.15, -0.1) is 0 Å². The number of halogens is 1. The maximum absolute atomic E-state index is 13.1. The Balaban J connectivity index is 1.66. The number of methoxy groups -OCH3 is 1. The number of aromatic nitrogens is 1. The van der Waals surface area contributed by atoms with Crippen molar-refractivity contribution in [3.05, 3.63) is 64.4 Å². The average Bonchev–Trinajstić information content (AvgIpc) is 3.10. The van der Waals surface area contributed by atoms with Crippen LogP contribution in [-0.2, 0) is 14.3 Å². The number of pyridine rings is 1. The molecule has 3 heterocycles. The van der Waals surface area contributed by atoms with Crippen LogP contribution in [0.5, 0.6) is 5.75 Å². The number of carbonyl (C=O) groups excluding carboxylic acids is 2. The normalized spacial score (nSPS) is 20.9. The molecule has 0 bridgehead atoms. The van der Waals surface area contributed by atoms with Crippen molar-refractivity contribution in [3.8, 4) is 5.75 Å². The minimum atomic E-state index is -0.732. The van der Waals surface area contributed by atoms with Gasteiger partial charge in [-0.1, -0.05) is 17.7 Å². The van der Waals surface area contributed by atoms with E-state index in [9.17, 15) is 14.7 Å². The molecule has 2 aromatic rings. The van der Waals surface area contributed by atoms with Gasteiger partial charge in [-0.2, -0.15) is 0 Å². The summed E-state index contributed by atoms with van der Waals surface area (Å²) in [5.74, 6) is -1.19. The fraction of sp³-hybridized carbons (Fsp3) is 0.375. The molecule has 0 saturated carbocycles. The van der Waals surface area contributed by atoms with Gasteiger partial charge in [-0.25, -0.2) is 0 Å². The predicted molar refractivity (Wildman–Crippen MR) is 123 cm³/mol. The molecule has 0 aliphatic carbocycles. The lowest BCUT2D eigenvalue weighted by molar-refractivity contribution is -0.140. The zero-order chi connectivity index (χ0) is 23.4. The topological polar surface area (TPSA) is 92.2 Å². The van der Waals surface area contributed by atoms with Gasteiger partial charge in [0.25, 0.3) is 11.7 Å². The van der Waals surface area contributed by atoms with E-state index < -0.39 is 17.7 Å². The number of ketones is 1. The van der Waals surface area contributed by atoms with Crippen LogP contribution in [0, 0.1) is 0 Å². The SMILES string of the molecule is COc1ccc(C(O)=C2C(=O)C(=O)N(CCCN3CCOCC3)[C@H]2c2cccnc2)cc1Cl. The number of ether oxygens (including phenoxy) is 2. The Kier molecular flexibility index (Phi) is 7.27. The maximum atomic E-state index is 13.1. The third kappa shape index (κ3) is 4.88. The van der Waals surface area contributed by atoms with Crippen LogP contribution in [0.4, 0.5) is 0 Å². The van der Waals surface area contributed by atoms with Crippen molar-refractivity contribution in [3.63, 3.8) is 0 Å². The quantitative estimate of drug-likeness (QED) is 0.377. The molecule has 1 atom stereocenters. The van der Waals surface area contributed by atoms with E-state index in [1.165, 1.54) is 18.1 Å². The summed E-state index contributed by atoms with van der Waals surface area (Å²) in [5, 5.41) is 11.4. The first-order chi connectivity index (χ1) is 16.0. The molecular weight excluding hydrogens is 446 g/mol. The van der Waals surface area contributed by atoms with Crippen molar-refractivity contribution < 1.29 is 24.2 Å². The second-order valence-electron chi connectivity index (χ2n) is 7.94. The zero-order valence-electron chi connectivity index (χ0n) is 18.4. The number of amides is 1. The molecule has 1 aromatic heterocycles. The minimum Gasteiger partial charge on any atom is -0.507 e. The lowest BCUT2D eigenvalue weighted by Gasteiger charge is -2.29. The summed E-state index contributed by atoms with van der Waals surface area (Å²) in [4.78, 5) is 34.0. The average molecular weight is 472 g/mol. The van der Waals surface area contributed by atoms with Gasteiger partial charge in [0.2, 0.25) is 0 Å². The van der Waals surface area contributed by atoms with Gasteiger partial charge in [0.15, 0.2) is 0 Å². The van der Waals surface area contributed by atoms with Crippen LogP contribution < -0.4 is 4.74 Å². The molecule has 2 aliphatic rings. The van der Waals surface area contributed by atoms with E-state index in [2.05, 4.69) is 9.88 Å². The summed E-state index contributed by atoms with van der Waals surface area (Å²) in [7, 11) is 1.49. The number of hydrogen-bond donors (Lipinski definition) is 1. The molecule has 33 heavy (non-hydrogen) atoms. The van der Waals surface area contributed by atoms with Gasteiger partial charge in [0.1, 0.15) is 11.5 Å². The van der Waals surface area contributed by atoms with E-state index >= 15 is 0 Å². The number of Topliss-reactive ketones (excluding diaryl/α,β-unsaturated/α-hetero) is 1. The third-order valence-corrected chi connectivity index (χ3v) is 6.24. The number of morpholine rings is 1. The number of aliphatic hydroxyl groups excluding tert-OH is 1. The molecule has 1 amide bonds. The summed E-state index contributed by atoms with van der Waals surface area (Å²) >= 11 is 6.23. The summed E-state index contributed by atoms with van der Waals surface area (Å²) in [5.41, 5.74) is 1.02. The summed E-state index contributed by atoms with van der Waals surface area (Å²) in [6.45, 7) is 4.27. The molecule has 174 valence electrons. The van der Waals surface area contributed by atoms with E-state index in [1.807, 2.05) is 0 Å². The Labute approximate surface area is 197 Å². The zero-order valence-corrected chi connectivity index (χ0v) is 19.1. The summed E-state index contributed by atoms with van der Waals surface area (Å²) in [6, 6.07) is 7.53. The maximum Gasteiger partial charge on any atom is 0.295 e. The second-order valence-corrected chi connectivity index (χ2v) is 8.34. The first-order valence-electron chi connectivity index (χ1n) is 10.8. The molecule has 0 unspecified atom stereocenters. The van der Waals surface area contributed by atoms with Gasteiger partial charge in [-0.05, 0) is 36.2 Å². The molecule has 0 radical (unpaired) electrons. The Morgan fingerprint density at radius 1 is 1.24 bits per heavy atom. The van der Waals surface area contributed by atoms with Gasteiger partial charge < -0.3 is 19.5 Å². The molecule has 9 heteroatoms. The van der Waals surface area contributed by atoms with E-state index in [0.29, 0.717) is 48.1 Å². The van der Waals surface area contributed by atoms with Crippen LogP contribution in [0.2, 0.25) is 5.02 Å². The number of hydrogen-bond acceptors (Lipinski definition) is 7. The highest BCUT2D eigenvalue weighted by atomic mass is 35.5. The minimum absolute atomic E-state index is 0.0283. The van der Waals surface area contributed by atoms with Crippen LogP contribution in [0.3, 0.4) is 0 Å². The van der Waals surface area contributed by atoms with Crippen molar-refractivity contribution in [2.45, 2.75) is 12.5 Å². The largest absolute Gasteiger partial charge is 0.507 e. The van der Waals surface area contributed by atoms with E-state index in [4.69, 9.17) is 21.1 Å². The number of aliphatic hydroxyl groups is 1. The lowest BCUT2D eigenvalue weighted by Crippen LogP contribution is -2.39. The van der Waals surface area contributed by atoms with Gasteiger partial charge >= 0.3 is 0 Å². The highest BCUT2D eigenvalue weighted by molar-refractivity contribution is 6.46. The smallest absolute Gasteiger partial charge is 0.295 e. The predicted octanol–water partition coefficient (Wildman–Crippen LogP) is 2.89. The lowest BCUT2D eigenvalue weighted by atomic mass is 9.96. The highest BCUT2D eigenvalue weighted by Crippen LogP contribution is 2.40. The standard InChI is InChI=1S/C24H26ClN3O5/c1-32-19-6-5-16(14-18(19)25)22(29)20-21(17-4-2-7-26-15-17)28(24(31)23(20)30)9-3-8-27-10-12-33-13-11-27/h2,4-7,14-15,21,29H,3,8-13H2,1H3/t21-/m0/s1. The van der Waals surface area contributed by atoms with Crippen LogP contribution in [0.1, 0.15) is 23.6 Å². The van der Waals surface area contributed by atoms with Gasteiger partial charge in [0.05, 0.1) is 37.0 Å². The monoisotopic (exact) mass is 471 g/mol. The Bertz CT molecular complexity index is 1050. The first kappa shape index (κ1) is 23.2. The van der Waals surface area contributed by atoms with Crippen LogP contribution in [0.15, 0.2) is 48.3 Å². The number of rotatable bonds is 7. The van der Waals surface area contributed by atoms with Crippen LogP contribution in [0.25, 0.3) is 5.76 Å². The van der Waals surface area contributed by atoms with E-state index in [-0.39, 0.29) is 11.3 Å². The Morgan fingerprint density at radius 2 is 2.03 bits per heavy atom. The number of nitrogens with zero attached hydrogens (tertiary/aromatic N) is 3. The summed E-state index contributed by atoms with van der Waals surface area (Å²) < 4.78 is 10.5. The highest BCUT2D eigenvalue weighted by Gasteiger charge is 2.46. The van der Waals surface area contributed by atoms with Crippen molar-refractivity contribution in [1.82, 2.24) is 14.8 Å². The second kappa shape index (κ2) is 10.3. The molecule has 0 spiro atoms. The number of likely N-dealkylation sites (tertiary alicyclic amines) is 1. The molecule has 4 rings (SSSR count). The van der Waals surface area contributed by atoms with E-state index in [1.54, 1.807) is 36.7 Å². The molecule has 1 N–H and O–H groups in total. The van der Waals surface area contributed by atoms with Crippen molar-refractivity contribution in [1.29, 1.82) is 0 Å². The molecular formula is C24H26ClN3O5. The van der Waals surface area contributed by atoms with Crippen molar-refractivity contribution in [2.75, 3.05) is 46.5 Å². The number of carbonyl (C=O) groups is 2. The van der Waals surface area contributed by atoms with Crippen molar-refractivity contribution in [2.24, 2.45) is 0 Å². The molecule has 2 saturated heterocycles. The fourth-order valence-electron chi connectivity index (χ4n) is 4.25. The van der Waals surface area contributed by atoms with Gasteiger partial charge in [-0.3, -0.25) is 19.5 Å². The fourth-order valence-corrected chi connectivity index (χ4v) is 4.51. The number of benzene rings is 1. The first-order valence-corrected chi connectivity index (χ1v) is 11.2. The van der Waals surface area contributed by atoms with Crippen LogP contribution >= 0.6 is 11.6 Å². The van der Waals surface area contributed by atoms with E-state index in [0.717, 1.165) is 19.6 Å².